The second-order valence-corrected chi connectivity index (χ2v) is 6.67. The molecule has 0 bridgehead atoms. The van der Waals surface area contributed by atoms with Gasteiger partial charge in [-0.15, -0.1) is 0 Å². The fourth-order valence-electron chi connectivity index (χ4n) is 3.29. The summed E-state index contributed by atoms with van der Waals surface area (Å²) in [5.74, 6) is 1.91. The van der Waals surface area contributed by atoms with Gasteiger partial charge >= 0.3 is 0 Å². The summed E-state index contributed by atoms with van der Waals surface area (Å²) in [6.07, 6.45) is 3.51. The normalized spacial score (nSPS) is 14.1. The van der Waals surface area contributed by atoms with Gasteiger partial charge in [0.1, 0.15) is 11.6 Å². The number of piperazine rings is 1. The van der Waals surface area contributed by atoms with Crippen LogP contribution in [0.15, 0.2) is 48.8 Å². The van der Waals surface area contributed by atoms with Gasteiger partial charge in [-0.1, -0.05) is 6.07 Å². The van der Waals surface area contributed by atoms with E-state index in [0.29, 0.717) is 43.4 Å². The molecule has 1 aromatic carbocycles. The van der Waals surface area contributed by atoms with Crippen molar-refractivity contribution >= 4 is 17.4 Å². The minimum atomic E-state index is -0.497. The van der Waals surface area contributed by atoms with Gasteiger partial charge in [0.2, 0.25) is 0 Å². The molecule has 0 atom stereocenters. The Kier molecular flexibility index (Phi) is 4.90. The summed E-state index contributed by atoms with van der Waals surface area (Å²) in [6.45, 7) is 4.05. The first kappa shape index (κ1) is 18.5. The largest absolute Gasteiger partial charge is 0.353 e. The Morgan fingerprint density at radius 2 is 1.83 bits per heavy atom. The molecule has 0 spiro atoms. The van der Waals surface area contributed by atoms with Crippen LogP contribution in [-0.2, 0) is 0 Å². The van der Waals surface area contributed by atoms with Crippen LogP contribution in [-0.4, -0.2) is 61.7 Å². The number of amides is 1. The Hall–Kier alpha value is -3.82. The third-order valence-electron chi connectivity index (χ3n) is 4.74. The van der Waals surface area contributed by atoms with Gasteiger partial charge in [-0.05, 0) is 19.1 Å². The van der Waals surface area contributed by atoms with Gasteiger partial charge in [-0.2, -0.15) is 5.10 Å². The highest BCUT2D eigenvalue weighted by Crippen LogP contribution is 2.19. The summed E-state index contributed by atoms with van der Waals surface area (Å²) in [5, 5.41) is 15.2. The van der Waals surface area contributed by atoms with Crippen molar-refractivity contribution in [2.45, 2.75) is 6.92 Å². The van der Waals surface area contributed by atoms with E-state index in [4.69, 9.17) is 0 Å². The molecule has 0 unspecified atom stereocenters. The summed E-state index contributed by atoms with van der Waals surface area (Å²) in [4.78, 5) is 35.9. The zero-order valence-corrected chi connectivity index (χ0v) is 15.8. The monoisotopic (exact) mass is 393 g/mol. The van der Waals surface area contributed by atoms with Gasteiger partial charge in [0.15, 0.2) is 5.82 Å². The van der Waals surface area contributed by atoms with E-state index in [1.54, 1.807) is 21.8 Å². The molecule has 29 heavy (non-hydrogen) atoms. The molecule has 1 amide bonds. The maximum atomic E-state index is 12.7. The molecular weight excluding hydrogens is 374 g/mol. The van der Waals surface area contributed by atoms with Gasteiger partial charge in [0.25, 0.3) is 11.6 Å². The van der Waals surface area contributed by atoms with Crippen LogP contribution < -0.4 is 4.90 Å². The lowest BCUT2D eigenvalue weighted by atomic mass is 10.1. The van der Waals surface area contributed by atoms with Gasteiger partial charge in [-0.3, -0.25) is 14.9 Å². The SMILES string of the molecule is Cc1nc(N2CCN(C(=O)c3cccc([N+](=O)[O-])c3)CC2)cc(-n2cccn2)n1. The molecule has 1 aliphatic heterocycles. The van der Waals surface area contributed by atoms with Crippen molar-refractivity contribution < 1.29 is 9.72 Å². The van der Waals surface area contributed by atoms with Crippen molar-refractivity contribution in [3.8, 4) is 5.82 Å². The first-order valence-electron chi connectivity index (χ1n) is 9.15. The molecule has 148 valence electrons. The molecule has 0 radical (unpaired) electrons. The number of nitrogens with zero attached hydrogens (tertiary/aromatic N) is 7. The first-order chi connectivity index (χ1) is 14.0. The average molecular weight is 393 g/mol. The summed E-state index contributed by atoms with van der Waals surface area (Å²) in [7, 11) is 0. The number of carbonyl (C=O) groups is 1. The molecule has 1 aliphatic rings. The van der Waals surface area contributed by atoms with Gasteiger partial charge in [0, 0.05) is 62.3 Å². The number of rotatable bonds is 4. The Labute approximate surface area is 166 Å². The smallest absolute Gasteiger partial charge is 0.270 e. The number of anilines is 1. The molecule has 2 aromatic heterocycles. The molecule has 3 heterocycles. The Morgan fingerprint density at radius 3 is 2.52 bits per heavy atom. The number of aromatic nitrogens is 4. The van der Waals surface area contributed by atoms with Crippen molar-refractivity contribution in [3.63, 3.8) is 0 Å². The summed E-state index contributed by atoms with van der Waals surface area (Å²) < 4.78 is 1.68. The lowest BCUT2D eigenvalue weighted by Crippen LogP contribution is -2.49. The fourth-order valence-corrected chi connectivity index (χ4v) is 3.29. The summed E-state index contributed by atoms with van der Waals surface area (Å²) in [5.41, 5.74) is 0.239. The molecule has 4 rings (SSSR count). The van der Waals surface area contributed by atoms with Crippen LogP contribution in [0.2, 0.25) is 0 Å². The first-order valence-corrected chi connectivity index (χ1v) is 9.15. The Bertz CT molecular complexity index is 1040. The summed E-state index contributed by atoms with van der Waals surface area (Å²) >= 11 is 0. The van der Waals surface area contributed by atoms with E-state index < -0.39 is 4.92 Å². The lowest BCUT2D eigenvalue weighted by molar-refractivity contribution is -0.384. The Morgan fingerprint density at radius 1 is 1.07 bits per heavy atom. The van der Waals surface area contributed by atoms with Crippen LogP contribution in [0, 0.1) is 17.0 Å². The predicted molar refractivity (Wildman–Crippen MR) is 105 cm³/mol. The van der Waals surface area contributed by atoms with Crippen LogP contribution in [0.5, 0.6) is 0 Å². The van der Waals surface area contributed by atoms with Gasteiger partial charge < -0.3 is 9.80 Å². The van der Waals surface area contributed by atoms with E-state index in [0.717, 1.165) is 5.82 Å². The third-order valence-corrected chi connectivity index (χ3v) is 4.74. The number of nitro groups is 1. The second kappa shape index (κ2) is 7.66. The second-order valence-electron chi connectivity index (χ2n) is 6.67. The van der Waals surface area contributed by atoms with Crippen LogP contribution in [0.3, 0.4) is 0 Å². The zero-order chi connectivity index (χ0) is 20.4. The Balaban J connectivity index is 1.46. The van der Waals surface area contributed by atoms with Crippen LogP contribution >= 0.6 is 0 Å². The molecule has 1 saturated heterocycles. The molecule has 0 saturated carbocycles. The number of hydrogen-bond acceptors (Lipinski definition) is 7. The molecule has 3 aromatic rings. The third kappa shape index (κ3) is 3.91. The van der Waals surface area contributed by atoms with E-state index in [9.17, 15) is 14.9 Å². The van der Waals surface area contributed by atoms with E-state index in [-0.39, 0.29) is 11.6 Å². The van der Waals surface area contributed by atoms with Crippen molar-refractivity contribution in [1.82, 2.24) is 24.6 Å². The molecule has 10 nitrogen and oxygen atoms in total. The van der Waals surface area contributed by atoms with Crippen molar-refractivity contribution in [2.75, 3.05) is 31.1 Å². The highest BCUT2D eigenvalue weighted by Gasteiger charge is 2.24. The maximum Gasteiger partial charge on any atom is 0.270 e. The number of benzene rings is 1. The minimum Gasteiger partial charge on any atom is -0.353 e. The molecule has 0 N–H and O–H groups in total. The summed E-state index contributed by atoms with van der Waals surface area (Å²) in [6, 6.07) is 9.53. The molecule has 1 fully saturated rings. The number of non-ortho nitro benzene ring substituents is 1. The maximum absolute atomic E-state index is 12.7. The zero-order valence-electron chi connectivity index (χ0n) is 15.8. The van der Waals surface area contributed by atoms with Crippen LogP contribution in [0.25, 0.3) is 5.82 Å². The van der Waals surface area contributed by atoms with E-state index in [1.165, 1.54) is 18.2 Å². The fraction of sp³-hybridized carbons (Fsp3) is 0.263. The van der Waals surface area contributed by atoms with E-state index in [2.05, 4.69) is 20.0 Å². The van der Waals surface area contributed by atoms with Crippen molar-refractivity contribution in [2.24, 2.45) is 0 Å². The quantitative estimate of drug-likeness (QED) is 0.491. The highest BCUT2D eigenvalue weighted by atomic mass is 16.6. The van der Waals surface area contributed by atoms with Crippen molar-refractivity contribution in [1.29, 1.82) is 0 Å². The van der Waals surface area contributed by atoms with Crippen molar-refractivity contribution in [3.05, 3.63) is 70.3 Å². The molecule has 10 heteroatoms. The number of nitro benzene ring substituents is 1. The number of aryl methyl sites for hydroxylation is 1. The van der Waals surface area contributed by atoms with E-state index in [1.807, 2.05) is 25.3 Å². The standard InChI is InChI=1S/C19H19N7O3/c1-14-21-17(13-18(22-14)25-7-3-6-20-25)23-8-10-24(11-9-23)19(27)15-4-2-5-16(12-15)26(28)29/h2-7,12-13H,8-11H2,1H3. The molecular formula is C19H19N7O3. The topological polar surface area (TPSA) is 110 Å². The van der Waals surface area contributed by atoms with E-state index >= 15 is 0 Å². The van der Waals surface area contributed by atoms with Crippen LogP contribution in [0.1, 0.15) is 16.2 Å². The highest BCUT2D eigenvalue weighted by molar-refractivity contribution is 5.95. The number of hydrogen-bond donors (Lipinski definition) is 0. The molecule has 0 aliphatic carbocycles. The average Bonchev–Trinajstić information content (AvgIpc) is 3.28. The lowest BCUT2D eigenvalue weighted by Gasteiger charge is -2.35. The van der Waals surface area contributed by atoms with Gasteiger partial charge in [0.05, 0.1) is 4.92 Å². The number of carbonyl (C=O) groups excluding carboxylic acids is 1. The minimum absolute atomic E-state index is 0.0860. The van der Waals surface area contributed by atoms with Gasteiger partial charge in [-0.25, -0.2) is 14.6 Å². The predicted octanol–water partition coefficient (Wildman–Crippen LogP) is 1.84. The van der Waals surface area contributed by atoms with Crippen LogP contribution in [0.4, 0.5) is 11.5 Å².